The van der Waals surface area contributed by atoms with Crippen LogP contribution in [0.25, 0.3) is 0 Å². The van der Waals surface area contributed by atoms with Crippen molar-refractivity contribution in [1.29, 1.82) is 0 Å². The van der Waals surface area contributed by atoms with Crippen molar-refractivity contribution in [3.05, 3.63) is 24.0 Å². The van der Waals surface area contributed by atoms with Gasteiger partial charge in [0.05, 0.1) is 5.75 Å². The third-order valence-electron chi connectivity index (χ3n) is 2.96. The molecule has 0 saturated heterocycles. The van der Waals surface area contributed by atoms with Crippen LogP contribution in [0.15, 0.2) is 17.6 Å². The molecule has 2 aromatic rings. The Morgan fingerprint density at radius 1 is 1.26 bits per heavy atom. The van der Waals surface area contributed by atoms with E-state index in [9.17, 15) is 0 Å². The third kappa shape index (κ3) is 3.28. The van der Waals surface area contributed by atoms with Crippen LogP contribution in [0.4, 0.5) is 0 Å². The van der Waals surface area contributed by atoms with Crippen LogP contribution in [0.3, 0.4) is 0 Å². The van der Waals surface area contributed by atoms with Crippen LogP contribution in [0.1, 0.15) is 38.3 Å². The standard InChI is InChI=1S/C12H20N6S/c1-3-5-6-10-15-16-12(18(10)13)19-9-11-14-7-8-17(11)4-2/h7-8H,3-6,9,13H2,1-2H3. The van der Waals surface area contributed by atoms with Gasteiger partial charge < -0.3 is 10.4 Å². The van der Waals surface area contributed by atoms with Crippen LogP contribution in [0.5, 0.6) is 0 Å². The fourth-order valence-corrected chi connectivity index (χ4v) is 2.65. The van der Waals surface area contributed by atoms with Gasteiger partial charge in [-0.25, -0.2) is 9.66 Å². The highest BCUT2D eigenvalue weighted by Gasteiger charge is 2.11. The number of aromatic nitrogens is 5. The summed E-state index contributed by atoms with van der Waals surface area (Å²) in [6, 6.07) is 0. The Kier molecular flexibility index (Phi) is 4.84. The van der Waals surface area contributed by atoms with E-state index in [0.717, 1.165) is 48.4 Å². The zero-order valence-electron chi connectivity index (χ0n) is 11.4. The van der Waals surface area contributed by atoms with Gasteiger partial charge in [-0.05, 0) is 13.3 Å². The summed E-state index contributed by atoms with van der Waals surface area (Å²) in [5.41, 5.74) is 0. The van der Waals surface area contributed by atoms with Crippen molar-refractivity contribution in [2.45, 2.75) is 50.6 Å². The molecule has 2 N–H and O–H groups in total. The molecule has 7 heteroatoms. The molecule has 0 fully saturated rings. The summed E-state index contributed by atoms with van der Waals surface area (Å²) in [5.74, 6) is 8.63. The average molecular weight is 280 g/mol. The van der Waals surface area contributed by atoms with Gasteiger partial charge in [-0.15, -0.1) is 10.2 Å². The van der Waals surface area contributed by atoms with E-state index in [2.05, 4.69) is 33.6 Å². The minimum absolute atomic E-state index is 0.747. The van der Waals surface area contributed by atoms with Crippen molar-refractivity contribution in [1.82, 2.24) is 24.4 Å². The lowest BCUT2D eigenvalue weighted by molar-refractivity contribution is 0.710. The van der Waals surface area contributed by atoms with Crippen molar-refractivity contribution in [2.24, 2.45) is 0 Å². The number of aryl methyl sites for hydroxylation is 2. The minimum atomic E-state index is 0.747. The molecule has 2 heterocycles. The molecule has 0 bridgehead atoms. The van der Waals surface area contributed by atoms with Crippen LogP contribution < -0.4 is 5.84 Å². The normalized spacial score (nSPS) is 11.1. The maximum absolute atomic E-state index is 6.00. The number of unbranched alkanes of at least 4 members (excludes halogenated alkanes) is 1. The number of hydrogen-bond acceptors (Lipinski definition) is 5. The second-order valence-corrected chi connectivity index (χ2v) is 5.23. The molecule has 0 aliphatic heterocycles. The van der Waals surface area contributed by atoms with Gasteiger partial charge in [0, 0.05) is 25.4 Å². The Morgan fingerprint density at radius 3 is 2.84 bits per heavy atom. The van der Waals surface area contributed by atoms with E-state index in [-0.39, 0.29) is 0 Å². The monoisotopic (exact) mass is 280 g/mol. The lowest BCUT2D eigenvalue weighted by atomic mass is 10.2. The average Bonchev–Trinajstić information content (AvgIpc) is 3.01. The molecule has 0 aliphatic carbocycles. The minimum Gasteiger partial charge on any atom is -0.336 e. The Balaban J connectivity index is 1.98. The highest BCUT2D eigenvalue weighted by atomic mass is 32.2. The van der Waals surface area contributed by atoms with E-state index in [0.29, 0.717) is 0 Å². The molecule has 2 rings (SSSR count). The molecule has 104 valence electrons. The Morgan fingerprint density at radius 2 is 2.11 bits per heavy atom. The van der Waals surface area contributed by atoms with Gasteiger partial charge in [-0.3, -0.25) is 0 Å². The van der Waals surface area contributed by atoms with Gasteiger partial charge >= 0.3 is 0 Å². The molecular weight excluding hydrogens is 260 g/mol. The summed E-state index contributed by atoms with van der Waals surface area (Å²) in [6.07, 6.45) is 6.89. The molecule has 0 unspecified atom stereocenters. The van der Waals surface area contributed by atoms with E-state index in [4.69, 9.17) is 5.84 Å². The molecule has 0 amide bonds. The van der Waals surface area contributed by atoms with Gasteiger partial charge in [-0.1, -0.05) is 25.1 Å². The van der Waals surface area contributed by atoms with Crippen molar-refractivity contribution < 1.29 is 0 Å². The number of imidazole rings is 1. The largest absolute Gasteiger partial charge is 0.336 e. The topological polar surface area (TPSA) is 74.5 Å². The second-order valence-electron chi connectivity index (χ2n) is 4.29. The van der Waals surface area contributed by atoms with Crippen molar-refractivity contribution >= 4 is 11.8 Å². The number of nitrogen functional groups attached to an aromatic ring is 1. The van der Waals surface area contributed by atoms with Crippen molar-refractivity contribution in [2.75, 3.05) is 5.84 Å². The maximum Gasteiger partial charge on any atom is 0.210 e. The first-order valence-corrected chi connectivity index (χ1v) is 7.57. The molecule has 0 atom stereocenters. The van der Waals surface area contributed by atoms with Gasteiger partial charge in [-0.2, -0.15) is 0 Å². The van der Waals surface area contributed by atoms with Crippen LogP contribution in [-0.2, 0) is 18.7 Å². The van der Waals surface area contributed by atoms with Crippen LogP contribution >= 0.6 is 11.8 Å². The van der Waals surface area contributed by atoms with E-state index < -0.39 is 0 Å². The smallest absolute Gasteiger partial charge is 0.210 e. The van der Waals surface area contributed by atoms with Gasteiger partial charge in [0.2, 0.25) is 5.16 Å². The quantitative estimate of drug-likeness (QED) is 0.619. The predicted octanol–water partition coefficient (Wildman–Crippen LogP) is 1.84. The third-order valence-corrected chi connectivity index (χ3v) is 3.90. The molecule has 19 heavy (non-hydrogen) atoms. The number of thioether (sulfide) groups is 1. The maximum atomic E-state index is 6.00. The van der Waals surface area contributed by atoms with Crippen molar-refractivity contribution in [3.63, 3.8) is 0 Å². The highest BCUT2D eigenvalue weighted by Crippen LogP contribution is 2.20. The number of nitrogens with two attached hydrogens (primary N) is 1. The molecule has 0 radical (unpaired) electrons. The fourth-order valence-electron chi connectivity index (χ4n) is 1.81. The summed E-state index contributed by atoms with van der Waals surface area (Å²) < 4.78 is 3.71. The lowest BCUT2D eigenvalue weighted by Gasteiger charge is -2.05. The first-order valence-electron chi connectivity index (χ1n) is 6.58. The van der Waals surface area contributed by atoms with Crippen molar-refractivity contribution in [3.8, 4) is 0 Å². The van der Waals surface area contributed by atoms with E-state index >= 15 is 0 Å². The van der Waals surface area contributed by atoms with E-state index in [1.165, 1.54) is 0 Å². The molecule has 0 saturated carbocycles. The molecule has 2 aromatic heterocycles. The molecule has 6 nitrogen and oxygen atoms in total. The lowest BCUT2D eigenvalue weighted by Crippen LogP contribution is -2.14. The Bertz CT molecular complexity index is 518. The SMILES string of the molecule is CCCCc1nnc(SCc2nccn2CC)n1N. The molecule has 0 spiro atoms. The summed E-state index contributed by atoms with van der Waals surface area (Å²) in [4.78, 5) is 4.33. The Labute approximate surface area is 117 Å². The van der Waals surface area contributed by atoms with Gasteiger partial charge in [0.25, 0.3) is 0 Å². The van der Waals surface area contributed by atoms with Crippen LogP contribution in [0, 0.1) is 0 Å². The van der Waals surface area contributed by atoms with Crippen LogP contribution in [-0.4, -0.2) is 24.4 Å². The first-order chi connectivity index (χ1) is 9.26. The Hall–Kier alpha value is -1.50. The predicted molar refractivity (Wildman–Crippen MR) is 76.2 cm³/mol. The second kappa shape index (κ2) is 6.60. The number of hydrogen-bond donors (Lipinski definition) is 1. The highest BCUT2D eigenvalue weighted by molar-refractivity contribution is 7.98. The molecular formula is C12H20N6S. The summed E-state index contributed by atoms with van der Waals surface area (Å²) >= 11 is 1.57. The number of nitrogens with zero attached hydrogens (tertiary/aromatic N) is 5. The zero-order chi connectivity index (χ0) is 13.7. The summed E-state index contributed by atoms with van der Waals surface area (Å²) in [6.45, 7) is 5.18. The molecule has 0 aromatic carbocycles. The van der Waals surface area contributed by atoms with E-state index in [1.807, 2.05) is 12.4 Å². The fraction of sp³-hybridized carbons (Fsp3) is 0.583. The zero-order valence-corrected chi connectivity index (χ0v) is 12.2. The summed E-state index contributed by atoms with van der Waals surface area (Å²) in [5, 5.41) is 9.02. The summed E-state index contributed by atoms with van der Waals surface area (Å²) in [7, 11) is 0. The first kappa shape index (κ1) is 13.9. The van der Waals surface area contributed by atoms with Gasteiger partial charge in [0.15, 0.2) is 5.82 Å². The van der Waals surface area contributed by atoms with Crippen LogP contribution in [0.2, 0.25) is 0 Å². The van der Waals surface area contributed by atoms with E-state index in [1.54, 1.807) is 16.4 Å². The number of rotatable bonds is 7. The van der Waals surface area contributed by atoms with Gasteiger partial charge in [0.1, 0.15) is 5.82 Å². The molecule has 0 aliphatic rings.